The first kappa shape index (κ1) is 9.13. The number of rotatable bonds is 3. The summed E-state index contributed by atoms with van der Waals surface area (Å²) in [4.78, 5) is 11.0. The van der Waals surface area contributed by atoms with Crippen molar-refractivity contribution in [2.75, 3.05) is 0 Å². The zero-order valence-corrected chi connectivity index (χ0v) is 7.47. The fourth-order valence-electron chi connectivity index (χ4n) is 0.728. The summed E-state index contributed by atoms with van der Waals surface area (Å²) in [5.41, 5.74) is 0. The second-order valence-corrected chi connectivity index (χ2v) is 3.07. The van der Waals surface area contributed by atoms with Gasteiger partial charge in [-0.2, -0.15) is 0 Å². The van der Waals surface area contributed by atoms with Crippen LogP contribution >= 0.6 is 11.6 Å². The molecule has 1 aromatic heterocycles. The van der Waals surface area contributed by atoms with Gasteiger partial charge in [-0.1, -0.05) is 0 Å². The second kappa shape index (κ2) is 4.16. The molecule has 3 nitrogen and oxygen atoms in total. The van der Waals surface area contributed by atoms with Gasteiger partial charge in [0.05, 0.1) is 12.8 Å². The lowest BCUT2D eigenvalue weighted by molar-refractivity contribution is -0.120. The van der Waals surface area contributed by atoms with Crippen molar-refractivity contribution >= 4 is 17.5 Å². The molecule has 1 N–H and O–H groups in total. The molecule has 1 rings (SSSR count). The Bertz CT molecular complexity index is 244. The summed E-state index contributed by atoms with van der Waals surface area (Å²) in [6.45, 7) is 2.02. The van der Waals surface area contributed by atoms with Crippen molar-refractivity contribution in [2.45, 2.75) is 18.8 Å². The number of amides is 1. The number of hydrogen-bond donors (Lipinski definition) is 1. The molecule has 1 heterocycles. The van der Waals surface area contributed by atoms with Gasteiger partial charge >= 0.3 is 0 Å². The summed E-state index contributed by atoms with van der Waals surface area (Å²) < 4.78 is 5.01. The van der Waals surface area contributed by atoms with Crippen LogP contribution in [0, 0.1) is 0 Å². The maximum atomic E-state index is 11.0. The molecule has 4 heteroatoms. The summed E-state index contributed by atoms with van der Waals surface area (Å²) >= 11 is 5.53. The monoisotopic (exact) mass is 187 g/mol. The van der Waals surface area contributed by atoms with E-state index in [-0.39, 0.29) is 5.91 Å². The van der Waals surface area contributed by atoms with E-state index >= 15 is 0 Å². The Kier molecular flexibility index (Phi) is 3.17. The first-order valence-electron chi connectivity index (χ1n) is 3.64. The molecule has 0 saturated carbocycles. The maximum Gasteiger partial charge on any atom is 0.238 e. The molecular formula is C8H10ClNO2. The lowest BCUT2D eigenvalue weighted by Gasteiger charge is -2.03. The van der Waals surface area contributed by atoms with Crippen molar-refractivity contribution in [3.63, 3.8) is 0 Å². The van der Waals surface area contributed by atoms with Crippen LogP contribution in [0.15, 0.2) is 22.8 Å². The van der Waals surface area contributed by atoms with Gasteiger partial charge in [-0.3, -0.25) is 4.79 Å². The number of carbonyl (C=O) groups excluding carboxylic acids is 1. The van der Waals surface area contributed by atoms with Crippen molar-refractivity contribution in [2.24, 2.45) is 0 Å². The van der Waals surface area contributed by atoms with Crippen LogP contribution in [0.2, 0.25) is 0 Å². The van der Waals surface area contributed by atoms with Gasteiger partial charge < -0.3 is 9.73 Å². The molecule has 0 fully saturated rings. The number of hydrogen-bond acceptors (Lipinski definition) is 2. The molecule has 0 spiro atoms. The Morgan fingerprint density at radius 3 is 3.08 bits per heavy atom. The van der Waals surface area contributed by atoms with Crippen LogP contribution in [-0.4, -0.2) is 11.3 Å². The summed E-state index contributed by atoms with van der Waals surface area (Å²) in [6.07, 6.45) is 1.56. The molecule has 0 saturated heterocycles. The molecule has 0 aliphatic heterocycles. The van der Waals surface area contributed by atoms with Crippen molar-refractivity contribution in [3.8, 4) is 0 Å². The lowest BCUT2D eigenvalue weighted by Crippen LogP contribution is -2.28. The van der Waals surface area contributed by atoms with Gasteiger partial charge in [0.15, 0.2) is 0 Å². The first-order chi connectivity index (χ1) is 5.70. The Hall–Kier alpha value is -0.960. The van der Waals surface area contributed by atoms with Gasteiger partial charge in [-0.05, 0) is 19.1 Å². The minimum atomic E-state index is -0.500. The topological polar surface area (TPSA) is 42.2 Å². The van der Waals surface area contributed by atoms with Crippen LogP contribution in [0.25, 0.3) is 0 Å². The number of nitrogens with one attached hydrogen (secondary N) is 1. The van der Waals surface area contributed by atoms with E-state index < -0.39 is 5.38 Å². The molecule has 0 bridgehead atoms. The van der Waals surface area contributed by atoms with E-state index in [1.54, 1.807) is 25.3 Å². The molecular weight excluding hydrogens is 178 g/mol. The van der Waals surface area contributed by atoms with E-state index in [0.717, 1.165) is 5.76 Å². The minimum Gasteiger partial charge on any atom is -0.467 e. The normalized spacial score (nSPS) is 12.5. The summed E-state index contributed by atoms with van der Waals surface area (Å²) in [5, 5.41) is 2.12. The Morgan fingerprint density at radius 2 is 2.58 bits per heavy atom. The molecule has 12 heavy (non-hydrogen) atoms. The van der Waals surface area contributed by atoms with Crippen molar-refractivity contribution in [1.82, 2.24) is 5.32 Å². The number of carbonyl (C=O) groups is 1. The van der Waals surface area contributed by atoms with Crippen molar-refractivity contribution in [1.29, 1.82) is 0 Å². The molecule has 0 unspecified atom stereocenters. The summed E-state index contributed by atoms with van der Waals surface area (Å²) in [5.74, 6) is 0.536. The quantitative estimate of drug-likeness (QED) is 0.730. The molecule has 1 aromatic rings. The number of furan rings is 1. The van der Waals surface area contributed by atoms with Gasteiger partial charge in [0.2, 0.25) is 5.91 Å². The van der Waals surface area contributed by atoms with Gasteiger partial charge in [0, 0.05) is 0 Å². The van der Waals surface area contributed by atoms with Crippen LogP contribution in [0.1, 0.15) is 12.7 Å². The van der Waals surface area contributed by atoms with Crippen LogP contribution in [0.5, 0.6) is 0 Å². The predicted molar refractivity (Wildman–Crippen MR) is 45.9 cm³/mol. The highest BCUT2D eigenvalue weighted by Crippen LogP contribution is 1.99. The van der Waals surface area contributed by atoms with E-state index in [0.29, 0.717) is 6.54 Å². The van der Waals surface area contributed by atoms with Crippen LogP contribution in [0.4, 0.5) is 0 Å². The van der Waals surface area contributed by atoms with Gasteiger partial charge in [0.25, 0.3) is 0 Å². The fourth-order valence-corrected chi connectivity index (χ4v) is 0.805. The minimum absolute atomic E-state index is 0.187. The number of alkyl halides is 1. The predicted octanol–water partition coefficient (Wildman–Crippen LogP) is 1.52. The highest BCUT2D eigenvalue weighted by Gasteiger charge is 2.08. The fraction of sp³-hybridized carbons (Fsp3) is 0.375. The zero-order valence-electron chi connectivity index (χ0n) is 6.71. The Labute approximate surface area is 75.7 Å². The Morgan fingerprint density at radius 1 is 1.83 bits per heavy atom. The van der Waals surface area contributed by atoms with Gasteiger partial charge in [-0.15, -0.1) is 11.6 Å². The third kappa shape index (κ3) is 2.58. The maximum absolute atomic E-state index is 11.0. The smallest absolute Gasteiger partial charge is 0.238 e. The zero-order chi connectivity index (χ0) is 8.97. The molecule has 1 amide bonds. The highest BCUT2D eigenvalue weighted by atomic mass is 35.5. The van der Waals surface area contributed by atoms with Gasteiger partial charge in [0.1, 0.15) is 11.1 Å². The average molecular weight is 188 g/mol. The Balaban J connectivity index is 2.32. The molecule has 0 aromatic carbocycles. The first-order valence-corrected chi connectivity index (χ1v) is 4.08. The van der Waals surface area contributed by atoms with Crippen LogP contribution < -0.4 is 5.32 Å². The lowest BCUT2D eigenvalue weighted by atomic mass is 10.4. The van der Waals surface area contributed by atoms with E-state index in [4.69, 9.17) is 16.0 Å². The molecule has 1 atom stereocenters. The van der Waals surface area contributed by atoms with Crippen LogP contribution in [0.3, 0.4) is 0 Å². The SMILES string of the molecule is C[C@H](Cl)C(=O)NCc1ccco1. The van der Waals surface area contributed by atoms with Crippen molar-refractivity contribution < 1.29 is 9.21 Å². The van der Waals surface area contributed by atoms with E-state index in [1.165, 1.54) is 0 Å². The standard InChI is InChI=1S/C8H10ClNO2/c1-6(9)8(11)10-5-7-3-2-4-12-7/h2-4,6H,5H2,1H3,(H,10,11)/t6-/m0/s1. The largest absolute Gasteiger partial charge is 0.467 e. The van der Waals surface area contributed by atoms with Gasteiger partial charge in [-0.25, -0.2) is 0 Å². The van der Waals surface area contributed by atoms with E-state index in [9.17, 15) is 4.79 Å². The molecule has 0 aliphatic rings. The molecule has 0 radical (unpaired) electrons. The summed E-state index contributed by atoms with van der Waals surface area (Å²) in [7, 11) is 0. The van der Waals surface area contributed by atoms with E-state index in [1.807, 2.05) is 0 Å². The van der Waals surface area contributed by atoms with Crippen LogP contribution in [-0.2, 0) is 11.3 Å². The van der Waals surface area contributed by atoms with E-state index in [2.05, 4.69) is 5.32 Å². The summed E-state index contributed by atoms with van der Waals surface area (Å²) in [6, 6.07) is 3.56. The number of halogens is 1. The second-order valence-electron chi connectivity index (χ2n) is 2.41. The molecule has 0 aliphatic carbocycles. The highest BCUT2D eigenvalue weighted by molar-refractivity contribution is 6.30. The average Bonchev–Trinajstić information content (AvgIpc) is 2.51. The third-order valence-corrected chi connectivity index (χ3v) is 1.58. The third-order valence-electron chi connectivity index (χ3n) is 1.38. The molecule has 66 valence electrons. The van der Waals surface area contributed by atoms with Crippen molar-refractivity contribution in [3.05, 3.63) is 24.2 Å².